The number of ether oxygens (including phenoxy) is 4. The molecule has 0 saturated heterocycles. The number of rotatable bonds is 12. The number of nitrogens with zero attached hydrogens (tertiary/aromatic N) is 1. The fourth-order valence-corrected chi connectivity index (χ4v) is 1.55. The zero-order chi connectivity index (χ0) is 14.5. The third-order valence-electron chi connectivity index (χ3n) is 2.61. The smallest absolute Gasteiger partial charge is 0.0736 e. The lowest BCUT2D eigenvalue weighted by Crippen LogP contribution is -2.12. The summed E-state index contributed by atoms with van der Waals surface area (Å²) in [6.45, 7) is 4.36. The van der Waals surface area contributed by atoms with Crippen LogP contribution in [-0.4, -0.2) is 51.7 Å². The number of methoxy groups -OCH3 is 1. The number of nitrogens with two attached hydrogens (primary N) is 1. The molecule has 2 N–H and O–H groups in total. The Morgan fingerprint density at radius 2 is 1.65 bits per heavy atom. The third-order valence-corrected chi connectivity index (χ3v) is 2.61. The predicted octanol–water partition coefficient (Wildman–Crippen LogP) is 0.736. The van der Waals surface area contributed by atoms with Crippen LogP contribution in [0.15, 0.2) is 18.3 Å². The minimum Gasteiger partial charge on any atom is -0.382 e. The second-order valence-corrected chi connectivity index (χ2v) is 4.08. The molecule has 0 saturated carbocycles. The highest BCUT2D eigenvalue weighted by Crippen LogP contribution is 2.05. The largest absolute Gasteiger partial charge is 0.382 e. The summed E-state index contributed by atoms with van der Waals surface area (Å²) in [5.74, 6) is 0. The van der Waals surface area contributed by atoms with E-state index in [1.54, 1.807) is 13.3 Å². The zero-order valence-corrected chi connectivity index (χ0v) is 12.0. The maximum Gasteiger partial charge on any atom is 0.0736 e. The Kier molecular flexibility index (Phi) is 9.99. The maximum absolute atomic E-state index is 5.61. The molecule has 0 bridgehead atoms. The molecule has 0 aliphatic rings. The van der Waals surface area contributed by atoms with Gasteiger partial charge in [-0.3, -0.25) is 4.98 Å². The summed E-state index contributed by atoms with van der Waals surface area (Å²) in [6.07, 6.45) is 1.73. The van der Waals surface area contributed by atoms with Crippen LogP contribution in [0.3, 0.4) is 0 Å². The Balaban J connectivity index is 1.97. The Bertz CT molecular complexity index is 350. The first-order chi connectivity index (χ1) is 9.88. The van der Waals surface area contributed by atoms with Crippen LogP contribution in [0.2, 0.25) is 0 Å². The number of hydrogen-bond donors (Lipinski definition) is 1. The van der Waals surface area contributed by atoms with E-state index in [0.717, 1.165) is 11.3 Å². The molecule has 1 heterocycles. The predicted molar refractivity (Wildman–Crippen MR) is 75.3 cm³/mol. The van der Waals surface area contributed by atoms with E-state index < -0.39 is 0 Å². The van der Waals surface area contributed by atoms with E-state index in [2.05, 4.69) is 4.98 Å². The van der Waals surface area contributed by atoms with E-state index in [1.165, 1.54) is 0 Å². The van der Waals surface area contributed by atoms with Crippen LogP contribution in [0, 0.1) is 0 Å². The molecular formula is C14H24N2O4. The van der Waals surface area contributed by atoms with Crippen molar-refractivity contribution in [2.45, 2.75) is 13.2 Å². The highest BCUT2D eigenvalue weighted by Gasteiger charge is 2.01. The standard InChI is InChI=1S/C14H24N2O4/c1-17-5-6-18-7-8-19-9-10-20-12-13-3-2-4-16-14(13)11-15/h2-4H,5-12,15H2,1H3. The monoisotopic (exact) mass is 284 g/mol. The van der Waals surface area contributed by atoms with E-state index in [0.29, 0.717) is 52.8 Å². The van der Waals surface area contributed by atoms with E-state index in [-0.39, 0.29) is 0 Å². The molecule has 0 radical (unpaired) electrons. The van der Waals surface area contributed by atoms with Gasteiger partial charge in [-0.25, -0.2) is 0 Å². The Morgan fingerprint density at radius 3 is 2.30 bits per heavy atom. The van der Waals surface area contributed by atoms with Gasteiger partial charge >= 0.3 is 0 Å². The van der Waals surface area contributed by atoms with Crippen molar-refractivity contribution in [2.24, 2.45) is 5.73 Å². The van der Waals surface area contributed by atoms with Gasteiger partial charge < -0.3 is 24.7 Å². The molecular weight excluding hydrogens is 260 g/mol. The highest BCUT2D eigenvalue weighted by atomic mass is 16.6. The van der Waals surface area contributed by atoms with Gasteiger partial charge in [0.15, 0.2) is 0 Å². The number of hydrogen-bond acceptors (Lipinski definition) is 6. The second kappa shape index (κ2) is 11.7. The molecule has 0 amide bonds. The molecule has 1 aromatic rings. The van der Waals surface area contributed by atoms with Crippen molar-refractivity contribution < 1.29 is 18.9 Å². The Hall–Kier alpha value is -1.05. The lowest BCUT2D eigenvalue weighted by atomic mass is 10.2. The van der Waals surface area contributed by atoms with Crippen LogP contribution in [-0.2, 0) is 32.1 Å². The molecule has 0 unspecified atom stereocenters. The normalized spacial score (nSPS) is 10.9. The quantitative estimate of drug-likeness (QED) is 0.570. The van der Waals surface area contributed by atoms with Crippen molar-refractivity contribution in [3.8, 4) is 0 Å². The van der Waals surface area contributed by atoms with E-state index in [1.807, 2.05) is 12.1 Å². The molecule has 0 fully saturated rings. The summed E-state index contributed by atoms with van der Waals surface area (Å²) < 4.78 is 21.0. The van der Waals surface area contributed by atoms with Gasteiger partial charge in [0.05, 0.1) is 51.9 Å². The molecule has 20 heavy (non-hydrogen) atoms. The van der Waals surface area contributed by atoms with Gasteiger partial charge in [0.1, 0.15) is 0 Å². The average Bonchev–Trinajstić information content (AvgIpc) is 2.49. The van der Waals surface area contributed by atoms with Gasteiger partial charge in [0.2, 0.25) is 0 Å². The second-order valence-electron chi connectivity index (χ2n) is 4.08. The molecule has 1 aromatic heterocycles. The molecule has 0 aliphatic carbocycles. The first-order valence-electron chi connectivity index (χ1n) is 6.73. The minimum absolute atomic E-state index is 0.425. The summed E-state index contributed by atoms with van der Waals surface area (Å²) in [6, 6.07) is 3.85. The fourth-order valence-electron chi connectivity index (χ4n) is 1.55. The van der Waals surface area contributed by atoms with Gasteiger partial charge in [-0.2, -0.15) is 0 Å². The molecule has 0 spiro atoms. The van der Waals surface area contributed by atoms with Crippen molar-refractivity contribution in [1.82, 2.24) is 4.98 Å². The first kappa shape index (κ1) is 17.0. The van der Waals surface area contributed by atoms with Crippen LogP contribution in [0.25, 0.3) is 0 Å². The Morgan fingerprint density at radius 1 is 1.00 bits per heavy atom. The van der Waals surface area contributed by atoms with E-state index >= 15 is 0 Å². The highest BCUT2D eigenvalue weighted by molar-refractivity contribution is 5.18. The van der Waals surface area contributed by atoms with Gasteiger partial charge in [0.25, 0.3) is 0 Å². The Labute approximate surface area is 120 Å². The number of aromatic nitrogens is 1. The maximum atomic E-state index is 5.61. The van der Waals surface area contributed by atoms with Crippen LogP contribution in [0.5, 0.6) is 0 Å². The van der Waals surface area contributed by atoms with Crippen LogP contribution >= 0.6 is 0 Å². The van der Waals surface area contributed by atoms with E-state index in [9.17, 15) is 0 Å². The van der Waals surface area contributed by atoms with E-state index in [4.69, 9.17) is 24.7 Å². The summed E-state index contributed by atoms with van der Waals surface area (Å²) in [5.41, 5.74) is 7.51. The summed E-state index contributed by atoms with van der Waals surface area (Å²) >= 11 is 0. The molecule has 1 rings (SSSR count). The van der Waals surface area contributed by atoms with Gasteiger partial charge in [-0.1, -0.05) is 6.07 Å². The summed E-state index contributed by atoms with van der Waals surface area (Å²) in [5, 5.41) is 0. The molecule has 6 nitrogen and oxygen atoms in total. The van der Waals surface area contributed by atoms with Gasteiger partial charge in [-0.05, 0) is 6.07 Å². The summed E-state index contributed by atoms with van der Waals surface area (Å²) in [7, 11) is 1.65. The molecule has 6 heteroatoms. The SMILES string of the molecule is COCCOCCOCCOCc1cccnc1CN. The van der Waals surface area contributed by atoms with Gasteiger partial charge in [-0.15, -0.1) is 0 Å². The van der Waals surface area contributed by atoms with Crippen molar-refractivity contribution in [3.05, 3.63) is 29.6 Å². The van der Waals surface area contributed by atoms with Crippen LogP contribution in [0.4, 0.5) is 0 Å². The molecule has 0 aliphatic heterocycles. The minimum atomic E-state index is 0.425. The molecule has 114 valence electrons. The first-order valence-corrected chi connectivity index (χ1v) is 6.73. The molecule has 0 atom stereocenters. The third kappa shape index (κ3) is 7.52. The van der Waals surface area contributed by atoms with Crippen molar-refractivity contribution in [2.75, 3.05) is 46.8 Å². The zero-order valence-electron chi connectivity index (χ0n) is 12.0. The topological polar surface area (TPSA) is 75.8 Å². The average molecular weight is 284 g/mol. The lowest BCUT2D eigenvalue weighted by molar-refractivity contribution is 0.000753. The van der Waals surface area contributed by atoms with Crippen molar-refractivity contribution >= 4 is 0 Å². The van der Waals surface area contributed by atoms with Crippen LogP contribution in [0.1, 0.15) is 11.3 Å². The number of pyridine rings is 1. The van der Waals surface area contributed by atoms with Gasteiger partial charge in [0, 0.05) is 25.4 Å². The molecule has 0 aromatic carbocycles. The lowest BCUT2D eigenvalue weighted by Gasteiger charge is -2.08. The van der Waals surface area contributed by atoms with Crippen molar-refractivity contribution in [1.29, 1.82) is 0 Å². The summed E-state index contributed by atoms with van der Waals surface area (Å²) in [4.78, 5) is 4.20. The van der Waals surface area contributed by atoms with Crippen molar-refractivity contribution in [3.63, 3.8) is 0 Å². The van der Waals surface area contributed by atoms with Crippen LogP contribution < -0.4 is 5.73 Å². The fraction of sp³-hybridized carbons (Fsp3) is 0.643.